The molecule has 0 aromatic rings. The second-order valence-electron chi connectivity index (χ2n) is 5.72. The molecule has 2 rings (SSSR count). The molecule has 0 bridgehead atoms. The fourth-order valence-electron chi connectivity index (χ4n) is 2.28. The number of aliphatic carboxylic acids is 1. The van der Waals surface area contributed by atoms with Gasteiger partial charge in [0.15, 0.2) is 0 Å². The van der Waals surface area contributed by atoms with Crippen LogP contribution in [-0.4, -0.2) is 40.8 Å². The van der Waals surface area contributed by atoms with E-state index in [1.54, 1.807) is 20.8 Å². The third-order valence-corrected chi connectivity index (χ3v) is 3.22. The molecule has 1 N–H and O–H groups in total. The van der Waals surface area contributed by atoms with Crippen LogP contribution in [0.25, 0.3) is 0 Å². The maximum absolute atomic E-state index is 11.7. The number of piperidine rings is 1. The monoisotopic (exact) mass is 227 g/mol. The maximum atomic E-state index is 11.7. The predicted molar refractivity (Wildman–Crippen MR) is 56.0 cm³/mol. The molecule has 1 aliphatic carbocycles. The van der Waals surface area contributed by atoms with Crippen LogP contribution in [0.1, 0.15) is 27.2 Å². The molecule has 0 aromatic heterocycles. The normalized spacial score (nSPS) is 32.2. The Hall–Kier alpha value is -1.26. The molecule has 90 valence electrons. The van der Waals surface area contributed by atoms with Gasteiger partial charge in [-0.3, -0.25) is 4.79 Å². The predicted octanol–water partition coefficient (Wildman–Crippen LogP) is 1.33. The first-order valence-corrected chi connectivity index (χ1v) is 5.46. The first kappa shape index (κ1) is 11.2. The number of hydrogen-bond acceptors (Lipinski definition) is 3. The molecule has 1 aliphatic heterocycles. The quantitative estimate of drug-likeness (QED) is 0.733. The lowest BCUT2D eigenvalue weighted by molar-refractivity contribution is -0.143. The van der Waals surface area contributed by atoms with Gasteiger partial charge >= 0.3 is 12.1 Å². The zero-order valence-corrected chi connectivity index (χ0v) is 9.82. The molecule has 1 heterocycles. The van der Waals surface area contributed by atoms with Gasteiger partial charge in [0.25, 0.3) is 0 Å². The number of carbonyl (C=O) groups is 2. The van der Waals surface area contributed by atoms with E-state index in [0.29, 0.717) is 19.5 Å². The summed E-state index contributed by atoms with van der Waals surface area (Å²) in [6.45, 7) is 6.21. The number of carboxylic acids is 1. The number of carbonyl (C=O) groups excluding carboxylic acids is 1. The van der Waals surface area contributed by atoms with Crippen LogP contribution < -0.4 is 0 Å². The van der Waals surface area contributed by atoms with Crippen LogP contribution in [0.4, 0.5) is 4.79 Å². The second-order valence-corrected chi connectivity index (χ2v) is 5.72. The molecule has 2 fully saturated rings. The summed E-state index contributed by atoms with van der Waals surface area (Å²) in [4.78, 5) is 24.2. The van der Waals surface area contributed by atoms with Gasteiger partial charge in [0.2, 0.25) is 0 Å². The van der Waals surface area contributed by atoms with Gasteiger partial charge in [-0.25, -0.2) is 4.79 Å². The van der Waals surface area contributed by atoms with Crippen molar-refractivity contribution in [3.05, 3.63) is 0 Å². The standard InChI is InChI=1S/C11H17NO4/c1-10(2,3)16-9(15)12-5-7-4-11(7,6-12)8(13)14/h7H,4-6H2,1-3H3,(H,13,14)/t7-,11?/m1/s1. The van der Waals surface area contributed by atoms with Gasteiger partial charge in [0, 0.05) is 13.1 Å². The largest absolute Gasteiger partial charge is 0.481 e. The van der Waals surface area contributed by atoms with Gasteiger partial charge in [-0.2, -0.15) is 0 Å². The van der Waals surface area contributed by atoms with Gasteiger partial charge in [-0.15, -0.1) is 0 Å². The molecule has 0 aromatic carbocycles. The summed E-state index contributed by atoms with van der Waals surface area (Å²) in [6, 6.07) is 0. The average Bonchev–Trinajstić information content (AvgIpc) is 2.67. The van der Waals surface area contributed by atoms with Crippen molar-refractivity contribution in [1.29, 1.82) is 0 Å². The molecule has 1 unspecified atom stereocenters. The number of fused-ring (bicyclic) bond motifs is 1. The fourth-order valence-corrected chi connectivity index (χ4v) is 2.28. The van der Waals surface area contributed by atoms with E-state index in [1.165, 1.54) is 4.90 Å². The summed E-state index contributed by atoms with van der Waals surface area (Å²) in [5.41, 5.74) is -1.20. The van der Waals surface area contributed by atoms with E-state index < -0.39 is 23.1 Å². The highest BCUT2D eigenvalue weighted by molar-refractivity contribution is 5.82. The third kappa shape index (κ3) is 1.74. The van der Waals surface area contributed by atoms with Crippen LogP contribution in [0, 0.1) is 11.3 Å². The minimum absolute atomic E-state index is 0.123. The zero-order chi connectivity index (χ0) is 12.1. The van der Waals surface area contributed by atoms with Crippen molar-refractivity contribution < 1.29 is 19.4 Å². The number of likely N-dealkylation sites (tertiary alicyclic amines) is 1. The van der Waals surface area contributed by atoms with Gasteiger partial charge in [-0.05, 0) is 33.1 Å². The van der Waals surface area contributed by atoms with E-state index in [4.69, 9.17) is 9.84 Å². The van der Waals surface area contributed by atoms with E-state index in [9.17, 15) is 9.59 Å². The summed E-state index contributed by atoms with van der Waals surface area (Å²) in [5, 5.41) is 9.07. The lowest BCUT2D eigenvalue weighted by Crippen LogP contribution is -2.38. The Kier molecular flexibility index (Phi) is 2.19. The van der Waals surface area contributed by atoms with E-state index in [2.05, 4.69) is 0 Å². The van der Waals surface area contributed by atoms with Crippen LogP contribution >= 0.6 is 0 Å². The number of rotatable bonds is 1. The Morgan fingerprint density at radius 2 is 2.06 bits per heavy atom. The molecule has 1 saturated carbocycles. The first-order valence-electron chi connectivity index (χ1n) is 5.46. The zero-order valence-electron chi connectivity index (χ0n) is 9.82. The van der Waals surface area contributed by atoms with Crippen LogP contribution in [0.5, 0.6) is 0 Å². The summed E-state index contributed by atoms with van der Waals surface area (Å²) in [7, 11) is 0. The van der Waals surface area contributed by atoms with Crippen LogP contribution in [0.2, 0.25) is 0 Å². The molecule has 2 aliphatic rings. The van der Waals surface area contributed by atoms with Gasteiger partial charge in [0.1, 0.15) is 5.60 Å². The fraction of sp³-hybridized carbons (Fsp3) is 0.818. The van der Waals surface area contributed by atoms with Crippen molar-refractivity contribution in [1.82, 2.24) is 4.90 Å². The smallest absolute Gasteiger partial charge is 0.410 e. The van der Waals surface area contributed by atoms with E-state index >= 15 is 0 Å². The highest BCUT2D eigenvalue weighted by Crippen LogP contribution is 2.57. The highest BCUT2D eigenvalue weighted by atomic mass is 16.6. The highest BCUT2D eigenvalue weighted by Gasteiger charge is 2.66. The Labute approximate surface area is 94.4 Å². The minimum atomic E-state index is -0.788. The summed E-state index contributed by atoms with van der Waals surface area (Å²) >= 11 is 0. The van der Waals surface area contributed by atoms with Crippen LogP contribution in [0.3, 0.4) is 0 Å². The molecule has 0 spiro atoms. The topological polar surface area (TPSA) is 66.8 Å². The SMILES string of the molecule is CC(C)(C)OC(=O)N1C[C@H]2CC2(C(=O)O)C1. The molecule has 5 nitrogen and oxygen atoms in total. The van der Waals surface area contributed by atoms with Crippen LogP contribution in [-0.2, 0) is 9.53 Å². The van der Waals surface area contributed by atoms with Crippen molar-refractivity contribution in [2.24, 2.45) is 11.3 Å². The van der Waals surface area contributed by atoms with E-state index in [-0.39, 0.29) is 5.92 Å². The van der Waals surface area contributed by atoms with Crippen molar-refractivity contribution >= 4 is 12.1 Å². The Morgan fingerprint density at radius 1 is 1.44 bits per heavy atom. The minimum Gasteiger partial charge on any atom is -0.481 e. The third-order valence-electron chi connectivity index (χ3n) is 3.22. The number of ether oxygens (including phenoxy) is 1. The second kappa shape index (κ2) is 3.12. The molecule has 1 saturated heterocycles. The summed E-state index contributed by atoms with van der Waals surface area (Å²) in [6.07, 6.45) is 0.294. The molecular weight excluding hydrogens is 210 g/mol. The van der Waals surface area contributed by atoms with Crippen molar-refractivity contribution in [3.63, 3.8) is 0 Å². The molecule has 1 amide bonds. The molecule has 5 heteroatoms. The van der Waals surface area contributed by atoms with Crippen molar-refractivity contribution in [2.75, 3.05) is 13.1 Å². The lowest BCUT2D eigenvalue weighted by atomic mass is 10.1. The van der Waals surface area contributed by atoms with Crippen molar-refractivity contribution in [2.45, 2.75) is 32.8 Å². The summed E-state index contributed by atoms with van der Waals surface area (Å²) < 4.78 is 5.21. The first-order chi connectivity index (χ1) is 7.24. The molecule has 2 atom stereocenters. The summed E-state index contributed by atoms with van der Waals surface area (Å²) in [5.74, 6) is -0.666. The van der Waals surface area contributed by atoms with E-state index in [0.717, 1.165) is 0 Å². The molecule has 16 heavy (non-hydrogen) atoms. The van der Waals surface area contributed by atoms with Gasteiger partial charge in [-0.1, -0.05) is 0 Å². The van der Waals surface area contributed by atoms with E-state index in [1.807, 2.05) is 0 Å². The Morgan fingerprint density at radius 3 is 2.50 bits per heavy atom. The Bertz CT molecular complexity index is 346. The molecular formula is C11H17NO4. The number of amides is 1. The number of hydrogen-bond donors (Lipinski definition) is 1. The van der Waals surface area contributed by atoms with Crippen molar-refractivity contribution in [3.8, 4) is 0 Å². The number of nitrogens with zero attached hydrogens (tertiary/aromatic N) is 1. The molecule has 0 radical (unpaired) electrons. The van der Waals surface area contributed by atoms with Gasteiger partial charge in [0.05, 0.1) is 5.41 Å². The maximum Gasteiger partial charge on any atom is 0.410 e. The average molecular weight is 227 g/mol. The Balaban J connectivity index is 1.96. The van der Waals surface area contributed by atoms with Gasteiger partial charge < -0.3 is 14.7 Å². The number of carboxylic acid groups (broad SMARTS) is 1. The van der Waals surface area contributed by atoms with Crippen LogP contribution in [0.15, 0.2) is 0 Å². The lowest BCUT2D eigenvalue weighted by Gasteiger charge is -2.25.